The first kappa shape index (κ1) is 20.8. The van der Waals surface area contributed by atoms with E-state index in [1.165, 1.54) is 30.9 Å². The molecule has 0 saturated carbocycles. The highest BCUT2D eigenvalue weighted by Crippen LogP contribution is 2.46. The van der Waals surface area contributed by atoms with Crippen LogP contribution in [0.25, 0.3) is 22.3 Å². The van der Waals surface area contributed by atoms with Gasteiger partial charge in [0, 0.05) is 0 Å². The zero-order chi connectivity index (χ0) is 21.8. The molecule has 0 saturated heterocycles. The van der Waals surface area contributed by atoms with Crippen molar-refractivity contribution in [1.29, 1.82) is 0 Å². The van der Waals surface area contributed by atoms with Gasteiger partial charge in [-0.3, -0.25) is 0 Å². The Morgan fingerprint density at radius 1 is 0.581 bits per heavy atom. The molecule has 0 aliphatic rings. The third kappa shape index (κ3) is 5.01. The summed E-state index contributed by atoms with van der Waals surface area (Å²) in [6.07, 6.45) is 0. The molecule has 3 nitrogen and oxygen atoms in total. The van der Waals surface area contributed by atoms with Crippen LogP contribution in [0.15, 0.2) is 97.1 Å². The molecule has 0 aromatic heterocycles. The molecule has 0 amide bonds. The van der Waals surface area contributed by atoms with Gasteiger partial charge in [0.25, 0.3) is 0 Å². The molecule has 0 aliphatic heterocycles. The molecule has 0 aliphatic carbocycles. The number of hydrogen-bond donors (Lipinski definition) is 0. The summed E-state index contributed by atoms with van der Waals surface area (Å²) in [7, 11) is -3.84. The van der Waals surface area contributed by atoms with Crippen molar-refractivity contribution in [3.8, 4) is 33.8 Å². The van der Waals surface area contributed by atoms with Gasteiger partial charge in [0.1, 0.15) is 0 Å². The summed E-state index contributed by atoms with van der Waals surface area (Å²) in [5, 5.41) is 0. The molecular weight excluding hydrogens is 417 g/mol. The van der Waals surface area contributed by atoms with Crippen LogP contribution in [-0.2, 0) is 4.57 Å². The lowest BCUT2D eigenvalue weighted by Crippen LogP contribution is -2.02. The Balaban J connectivity index is 1.51. The summed E-state index contributed by atoms with van der Waals surface area (Å²) < 4.78 is 52.5. The SMILES string of the molecule is CP(=O)(Oc1ccc(-c2ccccc2)cc1F)Oc1ccc(-c2ccccc2)cc1F. The van der Waals surface area contributed by atoms with Crippen LogP contribution in [0.2, 0.25) is 0 Å². The third-order valence-electron chi connectivity index (χ3n) is 4.61. The van der Waals surface area contributed by atoms with Gasteiger partial charge in [0.05, 0.1) is 6.66 Å². The van der Waals surface area contributed by atoms with Gasteiger partial charge in [-0.1, -0.05) is 72.8 Å². The van der Waals surface area contributed by atoms with E-state index in [0.717, 1.165) is 11.1 Å². The normalized spacial score (nSPS) is 11.2. The van der Waals surface area contributed by atoms with Gasteiger partial charge in [-0.15, -0.1) is 0 Å². The lowest BCUT2D eigenvalue weighted by Gasteiger charge is -2.17. The topological polar surface area (TPSA) is 35.5 Å². The first-order chi connectivity index (χ1) is 14.9. The minimum Gasteiger partial charge on any atom is -0.413 e. The van der Waals surface area contributed by atoms with Gasteiger partial charge < -0.3 is 9.05 Å². The van der Waals surface area contributed by atoms with E-state index in [1.54, 1.807) is 12.1 Å². The summed E-state index contributed by atoms with van der Waals surface area (Å²) in [6.45, 7) is 1.17. The molecule has 0 N–H and O–H groups in total. The molecule has 0 heterocycles. The van der Waals surface area contributed by atoms with E-state index < -0.39 is 19.2 Å². The Kier molecular flexibility index (Phi) is 5.88. The van der Waals surface area contributed by atoms with Gasteiger partial charge in [0.15, 0.2) is 23.1 Å². The Morgan fingerprint density at radius 3 is 1.32 bits per heavy atom. The maximum absolute atomic E-state index is 14.5. The summed E-state index contributed by atoms with van der Waals surface area (Å²) >= 11 is 0. The number of benzene rings is 4. The van der Waals surface area contributed by atoms with E-state index in [0.29, 0.717) is 11.1 Å². The molecule has 0 atom stereocenters. The van der Waals surface area contributed by atoms with Gasteiger partial charge >= 0.3 is 7.60 Å². The second-order valence-corrected chi connectivity index (χ2v) is 8.88. The zero-order valence-electron chi connectivity index (χ0n) is 16.7. The van der Waals surface area contributed by atoms with Gasteiger partial charge in [0.2, 0.25) is 0 Å². The van der Waals surface area contributed by atoms with E-state index in [-0.39, 0.29) is 11.5 Å². The van der Waals surface area contributed by atoms with Crippen LogP contribution >= 0.6 is 7.60 Å². The largest absolute Gasteiger partial charge is 0.427 e. The molecule has 0 fully saturated rings. The molecule has 0 radical (unpaired) electrons. The fraction of sp³-hybridized carbons (Fsp3) is 0.0400. The van der Waals surface area contributed by atoms with E-state index in [4.69, 9.17) is 9.05 Å². The lowest BCUT2D eigenvalue weighted by atomic mass is 10.1. The monoisotopic (exact) mass is 436 g/mol. The van der Waals surface area contributed by atoms with E-state index >= 15 is 0 Å². The summed E-state index contributed by atoms with van der Waals surface area (Å²) in [5.41, 5.74) is 2.98. The van der Waals surface area contributed by atoms with Crippen molar-refractivity contribution in [2.24, 2.45) is 0 Å². The first-order valence-corrected chi connectivity index (χ1v) is 11.6. The zero-order valence-corrected chi connectivity index (χ0v) is 17.6. The highest BCUT2D eigenvalue weighted by atomic mass is 31.2. The highest BCUT2D eigenvalue weighted by Gasteiger charge is 2.24. The van der Waals surface area contributed by atoms with E-state index in [9.17, 15) is 13.3 Å². The number of rotatable bonds is 6. The molecule has 4 aromatic carbocycles. The maximum atomic E-state index is 14.5. The standard InChI is InChI=1S/C25H19F2O3P/c1-31(28,29-24-14-12-20(16-22(24)26)18-8-4-2-5-9-18)30-25-15-13-21(17-23(25)27)19-10-6-3-7-11-19/h2-17H,1H3. The summed E-state index contributed by atoms with van der Waals surface area (Å²) in [4.78, 5) is 0. The van der Waals surface area contributed by atoms with Crippen molar-refractivity contribution in [2.75, 3.05) is 6.66 Å². The van der Waals surface area contributed by atoms with Gasteiger partial charge in [-0.05, 0) is 46.5 Å². The fourth-order valence-electron chi connectivity index (χ4n) is 3.15. The molecule has 0 spiro atoms. The fourth-order valence-corrected chi connectivity index (χ4v) is 4.19. The molecule has 6 heteroatoms. The predicted molar refractivity (Wildman–Crippen MR) is 118 cm³/mol. The van der Waals surface area contributed by atoms with Crippen LogP contribution in [0, 0.1) is 11.6 Å². The molecular formula is C25H19F2O3P. The quantitative estimate of drug-likeness (QED) is 0.292. The van der Waals surface area contributed by atoms with Crippen LogP contribution in [-0.4, -0.2) is 6.66 Å². The number of halogens is 2. The van der Waals surface area contributed by atoms with Crippen molar-refractivity contribution < 1.29 is 22.4 Å². The van der Waals surface area contributed by atoms with Gasteiger partial charge in [-0.25, -0.2) is 13.3 Å². The minimum absolute atomic E-state index is 0.230. The smallest absolute Gasteiger partial charge is 0.413 e. The lowest BCUT2D eigenvalue weighted by molar-refractivity contribution is 0.373. The van der Waals surface area contributed by atoms with E-state index in [1.807, 2.05) is 60.7 Å². The van der Waals surface area contributed by atoms with Crippen LogP contribution < -0.4 is 9.05 Å². The molecule has 0 bridgehead atoms. The summed E-state index contributed by atoms with van der Waals surface area (Å²) in [5.74, 6) is -1.84. The molecule has 0 unspecified atom stereocenters. The first-order valence-electron chi connectivity index (χ1n) is 9.58. The number of hydrogen-bond acceptors (Lipinski definition) is 3. The second-order valence-electron chi connectivity index (χ2n) is 6.98. The Labute approximate surface area is 179 Å². The Bertz CT molecular complexity index is 1150. The van der Waals surface area contributed by atoms with Crippen LogP contribution in [0.1, 0.15) is 0 Å². The maximum Gasteiger partial charge on any atom is 0.427 e. The average Bonchev–Trinajstić information content (AvgIpc) is 2.77. The molecule has 4 aromatic rings. The highest BCUT2D eigenvalue weighted by molar-refractivity contribution is 7.53. The summed E-state index contributed by atoms with van der Waals surface area (Å²) in [6, 6.07) is 27.2. The average molecular weight is 436 g/mol. The van der Waals surface area contributed by atoms with Crippen LogP contribution in [0.5, 0.6) is 11.5 Å². The third-order valence-corrected chi connectivity index (χ3v) is 5.66. The molecule has 31 heavy (non-hydrogen) atoms. The van der Waals surface area contributed by atoms with Crippen molar-refractivity contribution in [2.45, 2.75) is 0 Å². The predicted octanol–water partition coefficient (Wildman–Crippen LogP) is 7.58. The Morgan fingerprint density at radius 2 is 0.968 bits per heavy atom. The molecule has 156 valence electrons. The minimum atomic E-state index is -3.84. The van der Waals surface area contributed by atoms with Crippen LogP contribution in [0.4, 0.5) is 8.78 Å². The second kappa shape index (κ2) is 8.75. The van der Waals surface area contributed by atoms with Crippen molar-refractivity contribution in [3.63, 3.8) is 0 Å². The Hall–Kier alpha value is -3.43. The van der Waals surface area contributed by atoms with Gasteiger partial charge in [-0.2, -0.15) is 0 Å². The van der Waals surface area contributed by atoms with E-state index in [2.05, 4.69) is 0 Å². The van der Waals surface area contributed by atoms with Crippen molar-refractivity contribution in [1.82, 2.24) is 0 Å². The van der Waals surface area contributed by atoms with Crippen molar-refractivity contribution in [3.05, 3.63) is 109 Å². The van der Waals surface area contributed by atoms with Crippen LogP contribution in [0.3, 0.4) is 0 Å². The molecule has 4 rings (SSSR count). The van der Waals surface area contributed by atoms with Crippen molar-refractivity contribution >= 4 is 7.60 Å².